The zero-order chi connectivity index (χ0) is 33.8. The predicted molar refractivity (Wildman–Crippen MR) is 193 cm³/mol. The Morgan fingerprint density at radius 3 is 1.67 bits per heavy atom. The molecule has 0 heterocycles. The molecule has 254 valence electrons. The van der Waals surface area contributed by atoms with Crippen LogP contribution in [0.5, 0.6) is 0 Å². The smallest absolute Gasteiger partial charge is 0.320 e. The van der Waals surface area contributed by atoms with Crippen molar-refractivity contribution in [2.24, 2.45) is 5.92 Å². The quantitative estimate of drug-likeness (QED) is 0.0373. The molecule has 45 heavy (non-hydrogen) atoms. The number of hydrogen-bond donors (Lipinski definition) is 1. The molecule has 0 aliphatic heterocycles. The van der Waals surface area contributed by atoms with Crippen molar-refractivity contribution in [2.45, 2.75) is 130 Å². The minimum atomic E-state index is -1.35. The van der Waals surface area contributed by atoms with Crippen LogP contribution in [0.3, 0.4) is 0 Å². The molecule has 0 aromatic heterocycles. The van der Waals surface area contributed by atoms with Gasteiger partial charge in [0.1, 0.15) is 5.60 Å². The fraction of sp³-hybridized carbons (Fsp3) is 0.605. The largest absolute Gasteiger partial charge is 0.465 e. The van der Waals surface area contributed by atoms with Crippen LogP contribution >= 0.6 is 0 Å². The molecule has 0 bridgehead atoms. The normalized spacial score (nSPS) is 13.7. The van der Waals surface area contributed by atoms with E-state index in [4.69, 9.17) is 9.47 Å². The van der Waals surface area contributed by atoms with Crippen molar-refractivity contribution in [3.63, 3.8) is 0 Å². The molecular formula is C38H63NO5Si. The molecule has 0 rings (SSSR count). The molecule has 0 fully saturated rings. The van der Waals surface area contributed by atoms with E-state index in [-0.39, 0.29) is 5.91 Å². The number of nitrogens with one attached hydrogen (secondary N) is 1. The highest BCUT2D eigenvalue weighted by Gasteiger charge is 2.32. The summed E-state index contributed by atoms with van der Waals surface area (Å²) >= 11 is 0. The standard InChI is InChI=1S/C38H63NO5Si/c1-8-9-10-11-12-13-14-15-16-17-18-19-20-21-22-23-24-25-26-30-35(40)39-31-28-27-29-34(37(42)44-38(2,3)4)36(41)43-32-33-45(5,6)7/h9-10,12-13,15-16,18-19,21-22,24-25,34H,8,11,14,17,20,23,26-33H2,1-7H3,(H,39,40)/b10-9-,13-12-,16-15-,19-18-,22-21-,25-24-/t34-/m0/s1. The van der Waals surface area contributed by atoms with Gasteiger partial charge in [-0.15, -0.1) is 0 Å². The summed E-state index contributed by atoms with van der Waals surface area (Å²) in [6.45, 7) is 15.0. The Hall–Kier alpha value is -2.93. The number of carbonyl (C=O) groups excluding carboxylic acids is 3. The number of allylic oxidation sites excluding steroid dienone is 12. The maximum Gasteiger partial charge on any atom is 0.320 e. The van der Waals surface area contributed by atoms with E-state index in [1.807, 2.05) is 6.08 Å². The fourth-order valence-corrected chi connectivity index (χ4v) is 4.62. The lowest BCUT2D eigenvalue weighted by Crippen LogP contribution is -2.34. The number of rotatable bonds is 24. The second-order valence-electron chi connectivity index (χ2n) is 13.4. The SMILES string of the molecule is CC/C=C\C/C=C\C/C=C\C/C=C\C/C=C\C/C=C\CCC(=O)NCCCC[C@@H](C(=O)OCC[Si](C)(C)C)C(=O)OC(C)(C)C. The summed E-state index contributed by atoms with van der Waals surface area (Å²) in [5.41, 5.74) is -0.675. The molecule has 0 saturated carbocycles. The van der Waals surface area contributed by atoms with E-state index < -0.39 is 31.5 Å². The molecule has 1 amide bonds. The molecule has 0 unspecified atom stereocenters. The number of unbranched alkanes of at least 4 members (excludes halogenated alkanes) is 1. The molecule has 1 N–H and O–H groups in total. The van der Waals surface area contributed by atoms with E-state index in [9.17, 15) is 14.4 Å². The van der Waals surface area contributed by atoms with Crippen LogP contribution in [-0.2, 0) is 23.9 Å². The summed E-state index contributed by atoms with van der Waals surface area (Å²) in [7, 11) is -1.35. The van der Waals surface area contributed by atoms with Crippen molar-refractivity contribution in [1.82, 2.24) is 5.32 Å². The van der Waals surface area contributed by atoms with Crippen LogP contribution in [0.2, 0.25) is 25.7 Å². The van der Waals surface area contributed by atoms with Gasteiger partial charge in [0.15, 0.2) is 5.92 Å². The van der Waals surface area contributed by atoms with E-state index in [0.29, 0.717) is 45.3 Å². The van der Waals surface area contributed by atoms with Crippen molar-refractivity contribution in [1.29, 1.82) is 0 Å². The lowest BCUT2D eigenvalue weighted by atomic mass is 10.0. The summed E-state index contributed by atoms with van der Waals surface area (Å²) in [6.07, 6.45) is 34.6. The maximum atomic E-state index is 12.7. The van der Waals surface area contributed by atoms with E-state index in [0.717, 1.165) is 44.6 Å². The molecule has 0 saturated heterocycles. The highest BCUT2D eigenvalue weighted by atomic mass is 28.3. The molecule has 0 aliphatic carbocycles. The van der Waals surface area contributed by atoms with Gasteiger partial charge in [-0.2, -0.15) is 0 Å². The summed E-state index contributed by atoms with van der Waals surface area (Å²) in [4.78, 5) is 37.5. The van der Waals surface area contributed by atoms with Crippen molar-refractivity contribution in [3.8, 4) is 0 Å². The van der Waals surface area contributed by atoms with E-state index in [1.54, 1.807) is 20.8 Å². The van der Waals surface area contributed by atoms with Gasteiger partial charge in [-0.05, 0) is 84.6 Å². The second-order valence-corrected chi connectivity index (χ2v) is 19.0. The highest BCUT2D eigenvalue weighted by molar-refractivity contribution is 6.76. The molecule has 0 aromatic rings. The minimum absolute atomic E-state index is 0.00368. The third-order valence-corrected chi connectivity index (χ3v) is 8.15. The van der Waals surface area contributed by atoms with Crippen LogP contribution in [0.25, 0.3) is 0 Å². The van der Waals surface area contributed by atoms with Gasteiger partial charge in [-0.25, -0.2) is 0 Å². The molecular weight excluding hydrogens is 579 g/mol. The van der Waals surface area contributed by atoms with Crippen LogP contribution in [0.4, 0.5) is 0 Å². The Balaban J connectivity index is 4.12. The Morgan fingerprint density at radius 1 is 0.711 bits per heavy atom. The van der Waals surface area contributed by atoms with Crippen molar-refractivity contribution >= 4 is 25.9 Å². The predicted octanol–water partition coefficient (Wildman–Crippen LogP) is 9.59. The summed E-state index contributed by atoms with van der Waals surface area (Å²) in [5.74, 6) is -1.98. The molecule has 7 heteroatoms. The van der Waals surface area contributed by atoms with Gasteiger partial charge in [0.2, 0.25) is 5.91 Å². The first-order valence-corrected chi connectivity index (χ1v) is 20.6. The van der Waals surface area contributed by atoms with E-state index in [1.165, 1.54) is 0 Å². The number of carbonyl (C=O) groups is 3. The number of amides is 1. The van der Waals surface area contributed by atoms with Crippen LogP contribution in [-0.4, -0.2) is 44.7 Å². The number of ether oxygens (including phenoxy) is 2. The Bertz CT molecular complexity index is 993. The number of hydrogen-bond acceptors (Lipinski definition) is 5. The Morgan fingerprint density at radius 2 is 1.20 bits per heavy atom. The summed E-state index contributed by atoms with van der Waals surface area (Å²) < 4.78 is 10.9. The molecule has 0 aromatic carbocycles. The molecule has 1 atom stereocenters. The van der Waals surface area contributed by atoms with Crippen LogP contribution < -0.4 is 5.32 Å². The Kier molecular flexibility index (Phi) is 24.6. The van der Waals surface area contributed by atoms with Gasteiger partial charge in [0, 0.05) is 21.0 Å². The van der Waals surface area contributed by atoms with Gasteiger partial charge in [-0.3, -0.25) is 14.4 Å². The van der Waals surface area contributed by atoms with Gasteiger partial charge in [-0.1, -0.05) is 106 Å². The lowest BCUT2D eigenvalue weighted by molar-refractivity contribution is -0.169. The number of esters is 2. The van der Waals surface area contributed by atoms with Gasteiger partial charge in [0.05, 0.1) is 6.61 Å². The zero-order valence-corrected chi connectivity index (χ0v) is 30.4. The van der Waals surface area contributed by atoms with Crippen molar-refractivity contribution in [3.05, 3.63) is 72.9 Å². The average molecular weight is 642 g/mol. The monoisotopic (exact) mass is 641 g/mol. The molecule has 0 spiro atoms. The third kappa shape index (κ3) is 29.5. The van der Waals surface area contributed by atoms with Crippen molar-refractivity contribution in [2.75, 3.05) is 13.2 Å². The Labute approximate surface area is 276 Å². The minimum Gasteiger partial charge on any atom is -0.465 e. The topological polar surface area (TPSA) is 81.7 Å². The second kappa shape index (κ2) is 26.3. The van der Waals surface area contributed by atoms with E-state index in [2.05, 4.69) is 98.7 Å². The van der Waals surface area contributed by atoms with E-state index >= 15 is 0 Å². The summed E-state index contributed by atoms with van der Waals surface area (Å²) in [6, 6.07) is 0.852. The highest BCUT2D eigenvalue weighted by Crippen LogP contribution is 2.18. The molecule has 0 radical (unpaired) electrons. The van der Waals surface area contributed by atoms with Gasteiger partial charge < -0.3 is 14.8 Å². The zero-order valence-electron chi connectivity index (χ0n) is 29.4. The van der Waals surface area contributed by atoms with Crippen LogP contribution in [0.1, 0.15) is 98.3 Å². The van der Waals surface area contributed by atoms with Crippen LogP contribution in [0, 0.1) is 5.92 Å². The van der Waals surface area contributed by atoms with Gasteiger partial charge in [0.25, 0.3) is 0 Å². The first-order chi connectivity index (χ1) is 21.4. The fourth-order valence-electron chi connectivity index (χ4n) is 3.91. The average Bonchev–Trinajstić information content (AvgIpc) is 2.94. The lowest BCUT2D eigenvalue weighted by Gasteiger charge is -2.23. The molecule has 0 aliphatic rings. The first-order valence-electron chi connectivity index (χ1n) is 16.9. The maximum absolute atomic E-state index is 12.7. The van der Waals surface area contributed by atoms with Crippen LogP contribution in [0.15, 0.2) is 72.9 Å². The summed E-state index contributed by atoms with van der Waals surface area (Å²) in [5, 5.41) is 2.93. The first kappa shape index (κ1) is 42.1. The van der Waals surface area contributed by atoms with Crippen molar-refractivity contribution < 1.29 is 23.9 Å². The third-order valence-electron chi connectivity index (χ3n) is 6.45. The molecule has 6 nitrogen and oxygen atoms in total. The van der Waals surface area contributed by atoms with Gasteiger partial charge >= 0.3 is 11.9 Å².